The highest BCUT2D eigenvalue weighted by Gasteiger charge is 2.22. The summed E-state index contributed by atoms with van der Waals surface area (Å²) in [7, 11) is 0. The molecule has 2 aromatic rings. The summed E-state index contributed by atoms with van der Waals surface area (Å²) in [5, 5.41) is 14.5. The van der Waals surface area contributed by atoms with Crippen LogP contribution in [0.25, 0.3) is 11.0 Å². The van der Waals surface area contributed by atoms with Crippen LogP contribution in [0.3, 0.4) is 0 Å². The monoisotopic (exact) mass is 386 g/mol. The first kappa shape index (κ1) is 19.9. The lowest BCUT2D eigenvalue weighted by molar-refractivity contribution is -0.308. The quantitative estimate of drug-likeness (QED) is 0.688. The summed E-state index contributed by atoms with van der Waals surface area (Å²) in [5.41, 5.74) is 1.87. The van der Waals surface area contributed by atoms with Gasteiger partial charge >= 0.3 is 5.63 Å². The molecule has 1 aliphatic rings. The third kappa shape index (κ3) is 4.18. The van der Waals surface area contributed by atoms with Crippen molar-refractivity contribution >= 4 is 22.8 Å². The van der Waals surface area contributed by atoms with E-state index in [1.165, 1.54) is 6.92 Å². The van der Waals surface area contributed by atoms with Crippen molar-refractivity contribution in [1.82, 2.24) is 5.32 Å². The highest BCUT2D eigenvalue weighted by atomic mass is 16.5. The molecule has 1 aromatic heterocycles. The molecule has 0 aliphatic heterocycles. The lowest BCUT2D eigenvalue weighted by Crippen LogP contribution is -2.51. The molecule has 0 saturated heterocycles. The Morgan fingerprint density at radius 3 is 2.75 bits per heavy atom. The maximum Gasteiger partial charge on any atom is 0.339 e. The van der Waals surface area contributed by atoms with Gasteiger partial charge in [0.05, 0.1) is 12.0 Å². The Kier molecular flexibility index (Phi) is 6.02. The molecule has 1 amide bonds. The van der Waals surface area contributed by atoms with Crippen molar-refractivity contribution in [3.63, 3.8) is 0 Å². The maximum atomic E-state index is 12.3. The van der Waals surface area contributed by atoms with Crippen LogP contribution >= 0.6 is 0 Å². The summed E-state index contributed by atoms with van der Waals surface area (Å²) in [5.74, 6) is -1.48. The fourth-order valence-electron chi connectivity index (χ4n) is 3.54. The molecule has 0 radical (unpaired) electrons. The molecule has 0 unspecified atom stereocenters. The van der Waals surface area contributed by atoms with Gasteiger partial charge in [-0.2, -0.15) is 0 Å². The predicted molar refractivity (Wildman–Crippen MR) is 101 cm³/mol. The number of fused-ring (bicyclic) bond motifs is 3. The molecule has 7 nitrogen and oxygen atoms in total. The van der Waals surface area contributed by atoms with E-state index in [1.807, 2.05) is 13.0 Å². The first-order chi connectivity index (χ1) is 13.4. The maximum absolute atomic E-state index is 12.3. The number of carboxylic acids is 1. The second-order valence-electron chi connectivity index (χ2n) is 7.14. The van der Waals surface area contributed by atoms with Gasteiger partial charge in [-0.3, -0.25) is 4.79 Å². The van der Waals surface area contributed by atoms with Gasteiger partial charge in [-0.25, -0.2) is 4.79 Å². The minimum atomic E-state index is -1.31. The van der Waals surface area contributed by atoms with Gasteiger partial charge in [-0.05, 0) is 50.3 Å². The number of aryl methyl sites for hydroxylation is 1. The van der Waals surface area contributed by atoms with Gasteiger partial charge in [0.25, 0.3) is 5.91 Å². The first-order valence-corrected chi connectivity index (χ1v) is 9.67. The predicted octanol–water partition coefficient (Wildman–Crippen LogP) is 1.47. The van der Waals surface area contributed by atoms with Crippen molar-refractivity contribution in [3.05, 3.63) is 39.7 Å². The molecule has 150 valence electrons. The van der Waals surface area contributed by atoms with E-state index in [4.69, 9.17) is 9.15 Å². The van der Waals surface area contributed by atoms with Crippen molar-refractivity contribution in [2.24, 2.45) is 0 Å². The Bertz CT molecular complexity index is 948. The molecule has 1 aromatic carbocycles. The van der Waals surface area contributed by atoms with E-state index in [9.17, 15) is 19.5 Å². The third-order valence-electron chi connectivity index (χ3n) is 5.07. The topological polar surface area (TPSA) is 109 Å². The van der Waals surface area contributed by atoms with Gasteiger partial charge in [-0.1, -0.05) is 19.8 Å². The smallest absolute Gasteiger partial charge is 0.339 e. The van der Waals surface area contributed by atoms with Crippen LogP contribution in [0.5, 0.6) is 5.75 Å². The number of nitrogens with one attached hydrogen (secondary N) is 1. The number of aliphatic carboxylic acids is 1. The summed E-state index contributed by atoms with van der Waals surface area (Å²) in [4.78, 5) is 35.6. The minimum absolute atomic E-state index is 0.309. The van der Waals surface area contributed by atoms with E-state index in [2.05, 4.69) is 5.32 Å². The largest absolute Gasteiger partial charge is 0.548 e. The zero-order valence-corrected chi connectivity index (χ0v) is 16.1. The average molecular weight is 386 g/mol. The Balaban J connectivity index is 1.73. The van der Waals surface area contributed by atoms with Crippen molar-refractivity contribution in [2.45, 2.75) is 64.5 Å². The SMILES string of the molecule is CCCC[C@@H](NC(=O)[C@@H](C)Oc1ccc2c3c(c(=O)oc2c1)CCC3)C(=O)[O-]. The summed E-state index contributed by atoms with van der Waals surface area (Å²) in [6.07, 6.45) is 3.40. The van der Waals surface area contributed by atoms with Crippen LogP contribution < -0.4 is 20.8 Å². The van der Waals surface area contributed by atoms with Crippen LogP contribution in [-0.4, -0.2) is 24.0 Å². The fraction of sp³-hybridized carbons (Fsp3) is 0.476. The molecule has 2 atom stereocenters. The van der Waals surface area contributed by atoms with Gasteiger partial charge < -0.3 is 24.4 Å². The standard InChI is InChI=1S/C21H25NO6/c1-3-4-8-17(20(24)25)22-19(23)12(2)27-13-9-10-15-14-6-5-7-16(14)21(26)28-18(15)11-13/h9-12,17H,3-8H2,1-2H3,(H,22,23)(H,24,25)/p-1/t12-,17-/m1/s1. The van der Waals surface area contributed by atoms with E-state index in [0.29, 0.717) is 24.2 Å². The van der Waals surface area contributed by atoms with Crippen molar-refractivity contribution < 1.29 is 23.8 Å². The second-order valence-corrected chi connectivity index (χ2v) is 7.14. The Morgan fingerprint density at radius 1 is 1.29 bits per heavy atom. The van der Waals surface area contributed by atoms with Crippen LogP contribution in [0.15, 0.2) is 27.4 Å². The minimum Gasteiger partial charge on any atom is -0.548 e. The van der Waals surface area contributed by atoms with E-state index in [0.717, 1.165) is 42.2 Å². The number of carbonyl (C=O) groups excluding carboxylic acids is 2. The highest BCUT2D eigenvalue weighted by Crippen LogP contribution is 2.29. The molecule has 0 saturated carbocycles. The summed E-state index contributed by atoms with van der Waals surface area (Å²) in [6.45, 7) is 3.47. The molecule has 0 bridgehead atoms. The zero-order chi connectivity index (χ0) is 20.3. The third-order valence-corrected chi connectivity index (χ3v) is 5.07. The number of ether oxygens (including phenoxy) is 1. The number of rotatable bonds is 8. The molecule has 0 spiro atoms. The summed E-state index contributed by atoms with van der Waals surface area (Å²) < 4.78 is 11.0. The molecule has 1 heterocycles. The summed E-state index contributed by atoms with van der Waals surface area (Å²) >= 11 is 0. The lowest BCUT2D eigenvalue weighted by atomic mass is 10.1. The van der Waals surface area contributed by atoms with Crippen LogP contribution in [0.4, 0.5) is 0 Å². The van der Waals surface area contributed by atoms with E-state index in [-0.39, 0.29) is 5.63 Å². The van der Waals surface area contributed by atoms with Crippen LogP contribution in [0, 0.1) is 0 Å². The molecule has 7 heteroatoms. The van der Waals surface area contributed by atoms with Crippen molar-refractivity contribution in [3.8, 4) is 5.75 Å². The summed E-state index contributed by atoms with van der Waals surface area (Å²) in [6, 6.07) is 4.09. The number of hydrogen-bond acceptors (Lipinski definition) is 6. The van der Waals surface area contributed by atoms with Crippen LogP contribution in [0.1, 0.15) is 50.7 Å². The van der Waals surface area contributed by atoms with Gasteiger partial charge in [0, 0.05) is 17.0 Å². The average Bonchev–Trinajstić information content (AvgIpc) is 3.15. The van der Waals surface area contributed by atoms with Gasteiger partial charge in [0.1, 0.15) is 11.3 Å². The highest BCUT2D eigenvalue weighted by molar-refractivity contribution is 5.86. The molecule has 28 heavy (non-hydrogen) atoms. The molecule has 0 fully saturated rings. The van der Waals surface area contributed by atoms with Crippen molar-refractivity contribution in [2.75, 3.05) is 0 Å². The molecular formula is C21H24NO6-. The van der Waals surface area contributed by atoms with E-state index >= 15 is 0 Å². The van der Waals surface area contributed by atoms with Gasteiger partial charge in [0.15, 0.2) is 6.10 Å². The Hall–Kier alpha value is -2.83. The number of carboxylic acid groups (broad SMARTS) is 1. The van der Waals surface area contributed by atoms with Gasteiger partial charge in [-0.15, -0.1) is 0 Å². The normalized spacial score (nSPS) is 15.1. The van der Waals surface area contributed by atoms with Crippen LogP contribution in [-0.2, 0) is 22.4 Å². The number of carbonyl (C=O) groups is 2. The number of hydrogen-bond donors (Lipinski definition) is 1. The molecule has 1 aliphatic carbocycles. The number of benzene rings is 1. The van der Waals surface area contributed by atoms with Crippen LogP contribution in [0.2, 0.25) is 0 Å². The second kappa shape index (κ2) is 8.46. The van der Waals surface area contributed by atoms with E-state index < -0.39 is 24.0 Å². The fourth-order valence-corrected chi connectivity index (χ4v) is 3.54. The molecular weight excluding hydrogens is 362 g/mol. The lowest BCUT2D eigenvalue weighted by Gasteiger charge is -2.22. The van der Waals surface area contributed by atoms with E-state index in [1.54, 1.807) is 12.1 Å². The Morgan fingerprint density at radius 2 is 2.04 bits per heavy atom. The molecule has 1 N–H and O–H groups in total. The number of amides is 1. The Labute approximate surface area is 162 Å². The van der Waals surface area contributed by atoms with Crippen molar-refractivity contribution in [1.29, 1.82) is 0 Å². The molecule has 3 rings (SSSR count). The van der Waals surface area contributed by atoms with Gasteiger partial charge in [0.2, 0.25) is 0 Å². The first-order valence-electron chi connectivity index (χ1n) is 9.67. The zero-order valence-electron chi connectivity index (χ0n) is 16.1. The number of unbranched alkanes of at least 4 members (excludes halogenated alkanes) is 1.